The molecule has 0 unspecified atom stereocenters. The Morgan fingerprint density at radius 2 is 1.65 bits per heavy atom. The highest BCUT2D eigenvalue weighted by molar-refractivity contribution is 5.92. The van der Waals surface area contributed by atoms with E-state index in [2.05, 4.69) is 34.7 Å². The summed E-state index contributed by atoms with van der Waals surface area (Å²) in [5.74, 6) is -0.139. The monoisotopic (exact) mass is 345 g/mol. The van der Waals surface area contributed by atoms with Crippen LogP contribution in [-0.2, 0) is 6.42 Å². The van der Waals surface area contributed by atoms with Crippen LogP contribution in [0.5, 0.6) is 0 Å². The SMILES string of the molecule is Cc1ccc(Nc2ccc(C(=O)NCCCc3ccccc3)nc2)cc1. The van der Waals surface area contributed by atoms with E-state index < -0.39 is 0 Å². The molecule has 0 aliphatic rings. The number of carbonyl (C=O) groups is 1. The van der Waals surface area contributed by atoms with Crippen LogP contribution in [0.2, 0.25) is 0 Å². The topological polar surface area (TPSA) is 54.0 Å². The van der Waals surface area contributed by atoms with Gasteiger partial charge < -0.3 is 10.6 Å². The van der Waals surface area contributed by atoms with E-state index in [0.717, 1.165) is 24.2 Å². The molecule has 0 spiro atoms. The Morgan fingerprint density at radius 3 is 2.35 bits per heavy atom. The number of aromatic nitrogens is 1. The molecule has 0 aliphatic carbocycles. The van der Waals surface area contributed by atoms with Crippen LogP contribution in [0.3, 0.4) is 0 Å². The molecule has 1 aromatic heterocycles. The second kappa shape index (κ2) is 8.81. The van der Waals surface area contributed by atoms with Gasteiger partial charge in [-0.2, -0.15) is 0 Å². The van der Waals surface area contributed by atoms with Crippen LogP contribution in [0.4, 0.5) is 11.4 Å². The zero-order chi connectivity index (χ0) is 18.2. The number of hydrogen-bond donors (Lipinski definition) is 2. The molecule has 3 aromatic rings. The van der Waals surface area contributed by atoms with Gasteiger partial charge in [-0.1, -0.05) is 48.0 Å². The van der Waals surface area contributed by atoms with Gasteiger partial charge in [0.1, 0.15) is 5.69 Å². The fraction of sp³-hybridized carbons (Fsp3) is 0.182. The Morgan fingerprint density at radius 1 is 0.923 bits per heavy atom. The van der Waals surface area contributed by atoms with Crippen molar-refractivity contribution in [2.45, 2.75) is 19.8 Å². The normalized spacial score (nSPS) is 10.3. The first-order valence-electron chi connectivity index (χ1n) is 8.82. The second-order valence-corrected chi connectivity index (χ2v) is 6.27. The Labute approximate surface area is 154 Å². The number of pyridine rings is 1. The summed E-state index contributed by atoms with van der Waals surface area (Å²) in [4.78, 5) is 16.4. The molecule has 2 aromatic carbocycles. The molecule has 0 radical (unpaired) electrons. The van der Waals surface area contributed by atoms with Crippen molar-refractivity contribution >= 4 is 17.3 Å². The minimum Gasteiger partial charge on any atom is -0.354 e. The van der Waals surface area contributed by atoms with Gasteiger partial charge in [-0.05, 0) is 49.6 Å². The molecule has 132 valence electrons. The molecule has 4 heteroatoms. The molecular formula is C22H23N3O. The Hall–Kier alpha value is -3.14. The lowest BCUT2D eigenvalue weighted by Crippen LogP contribution is -2.25. The van der Waals surface area contributed by atoms with E-state index in [4.69, 9.17) is 0 Å². The van der Waals surface area contributed by atoms with Crippen LogP contribution >= 0.6 is 0 Å². The number of aryl methyl sites for hydroxylation is 2. The van der Waals surface area contributed by atoms with E-state index in [-0.39, 0.29) is 5.91 Å². The maximum absolute atomic E-state index is 12.2. The quantitative estimate of drug-likeness (QED) is 0.620. The maximum atomic E-state index is 12.2. The molecule has 2 N–H and O–H groups in total. The molecule has 0 bridgehead atoms. The van der Waals surface area contributed by atoms with E-state index in [9.17, 15) is 4.79 Å². The zero-order valence-corrected chi connectivity index (χ0v) is 14.9. The molecule has 0 saturated heterocycles. The molecule has 0 aliphatic heterocycles. The van der Waals surface area contributed by atoms with Gasteiger partial charge in [0.2, 0.25) is 0 Å². The van der Waals surface area contributed by atoms with E-state index in [0.29, 0.717) is 12.2 Å². The number of rotatable bonds is 7. The van der Waals surface area contributed by atoms with Crippen molar-refractivity contribution in [3.05, 3.63) is 89.7 Å². The summed E-state index contributed by atoms with van der Waals surface area (Å²) in [7, 11) is 0. The first-order valence-corrected chi connectivity index (χ1v) is 8.82. The lowest BCUT2D eigenvalue weighted by molar-refractivity contribution is 0.0948. The molecule has 1 amide bonds. The zero-order valence-electron chi connectivity index (χ0n) is 14.9. The van der Waals surface area contributed by atoms with Crippen LogP contribution in [0.25, 0.3) is 0 Å². The number of nitrogens with zero attached hydrogens (tertiary/aromatic N) is 1. The third-order valence-corrected chi connectivity index (χ3v) is 4.11. The average molecular weight is 345 g/mol. The summed E-state index contributed by atoms with van der Waals surface area (Å²) in [5.41, 5.74) is 4.78. The van der Waals surface area contributed by atoms with Gasteiger partial charge in [0, 0.05) is 12.2 Å². The average Bonchev–Trinajstić information content (AvgIpc) is 2.68. The Kier molecular flexibility index (Phi) is 5.99. The second-order valence-electron chi connectivity index (χ2n) is 6.27. The summed E-state index contributed by atoms with van der Waals surface area (Å²) >= 11 is 0. The van der Waals surface area contributed by atoms with Crippen molar-refractivity contribution in [2.75, 3.05) is 11.9 Å². The van der Waals surface area contributed by atoms with Gasteiger partial charge in [-0.3, -0.25) is 4.79 Å². The van der Waals surface area contributed by atoms with E-state index in [1.54, 1.807) is 12.3 Å². The fourth-order valence-corrected chi connectivity index (χ4v) is 2.64. The number of nitrogens with one attached hydrogen (secondary N) is 2. The summed E-state index contributed by atoms with van der Waals surface area (Å²) in [6.07, 6.45) is 3.54. The molecule has 4 nitrogen and oxygen atoms in total. The highest BCUT2D eigenvalue weighted by atomic mass is 16.1. The lowest BCUT2D eigenvalue weighted by atomic mass is 10.1. The molecule has 0 saturated carbocycles. The van der Waals surface area contributed by atoms with E-state index in [1.807, 2.05) is 48.5 Å². The summed E-state index contributed by atoms with van der Waals surface area (Å²) in [5, 5.41) is 6.20. The van der Waals surface area contributed by atoms with Crippen molar-refractivity contribution < 1.29 is 4.79 Å². The van der Waals surface area contributed by atoms with Gasteiger partial charge in [0.25, 0.3) is 5.91 Å². The minimum absolute atomic E-state index is 0.139. The highest BCUT2D eigenvalue weighted by Crippen LogP contribution is 2.16. The molecule has 26 heavy (non-hydrogen) atoms. The number of carbonyl (C=O) groups excluding carboxylic acids is 1. The molecule has 0 fully saturated rings. The van der Waals surface area contributed by atoms with Crippen molar-refractivity contribution in [1.82, 2.24) is 10.3 Å². The lowest BCUT2D eigenvalue weighted by Gasteiger charge is -2.08. The number of amides is 1. The van der Waals surface area contributed by atoms with Crippen LogP contribution in [-0.4, -0.2) is 17.4 Å². The summed E-state index contributed by atoms with van der Waals surface area (Å²) in [6, 6.07) is 22.0. The third-order valence-electron chi connectivity index (χ3n) is 4.11. The van der Waals surface area contributed by atoms with Gasteiger partial charge in [0.05, 0.1) is 11.9 Å². The number of benzene rings is 2. The molecule has 0 atom stereocenters. The summed E-state index contributed by atoms with van der Waals surface area (Å²) in [6.45, 7) is 2.69. The molecular weight excluding hydrogens is 322 g/mol. The number of hydrogen-bond acceptors (Lipinski definition) is 3. The minimum atomic E-state index is -0.139. The van der Waals surface area contributed by atoms with Crippen molar-refractivity contribution in [3.63, 3.8) is 0 Å². The van der Waals surface area contributed by atoms with Crippen LogP contribution in [0.15, 0.2) is 72.9 Å². The Bertz CT molecular complexity index is 828. The number of anilines is 2. The fourth-order valence-electron chi connectivity index (χ4n) is 2.64. The highest BCUT2D eigenvalue weighted by Gasteiger charge is 2.06. The van der Waals surface area contributed by atoms with E-state index in [1.165, 1.54) is 11.1 Å². The standard InChI is InChI=1S/C22H23N3O/c1-17-9-11-19(12-10-17)25-20-13-14-21(24-16-20)22(26)23-15-5-8-18-6-3-2-4-7-18/h2-4,6-7,9-14,16,25H,5,8,15H2,1H3,(H,23,26). The predicted molar refractivity (Wildman–Crippen MR) is 106 cm³/mol. The van der Waals surface area contributed by atoms with Crippen LogP contribution < -0.4 is 10.6 Å². The largest absolute Gasteiger partial charge is 0.354 e. The van der Waals surface area contributed by atoms with E-state index >= 15 is 0 Å². The molecule has 3 rings (SSSR count). The first kappa shape index (κ1) is 17.7. The maximum Gasteiger partial charge on any atom is 0.269 e. The first-order chi connectivity index (χ1) is 12.7. The Balaban J connectivity index is 1.46. The predicted octanol–water partition coefficient (Wildman–Crippen LogP) is 4.50. The van der Waals surface area contributed by atoms with Crippen LogP contribution in [0, 0.1) is 6.92 Å². The summed E-state index contributed by atoms with van der Waals surface area (Å²) < 4.78 is 0. The van der Waals surface area contributed by atoms with Crippen LogP contribution in [0.1, 0.15) is 28.0 Å². The van der Waals surface area contributed by atoms with Crippen molar-refractivity contribution in [3.8, 4) is 0 Å². The smallest absolute Gasteiger partial charge is 0.269 e. The van der Waals surface area contributed by atoms with Gasteiger partial charge >= 0.3 is 0 Å². The van der Waals surface area contributed by atoms with Gasteiger partial charge in [0.15, 0.2) is 0 Å². The molecule has 1 heterocycles. The van der Waals surface area contributed by atoms with Crippen molar-refractivity contribution in [2.24, 2.45) is 0 Å². The van der Waals surface area contributed by atoms with Gasteiger partial charge in [-0.15, -0.1) is 0 Å². The van der Waals surface area contributed by atoms with Gasteiger partial charge in [-0.25, -0.2) is 4.98 Å². The van der Waals surface area contributed by atoms with Crippen molar-refractivity contribution in [1.29, 1.82) is 0 Å². The third kappa shape index (κ3) is 5.18.